The van der Waals surface area contributed by atoms with Crippen molar-refractivity contribution in [3.8, 4) is 22.9 Å². The van der Waals surface area contributed by atoms with Crippen LogP contribution in [0, 0.1) is 11.3 Å². The zero-order chi connectivity index (χ0) is 13.8. The molecule has 1 N–H and O–H groups in total. The van der Waals surface area contributed by atoms with Gasteiger partial charge in [0.15, 0.2) is 0 Å². The standard InChI is InChI=1S/C15H14N2O2/c1-3-10-4-5-14(19-2)13(6-10)12-7-11(8-16)15(18)17-9-12/h4-7,9H,3H2,1-2H3,(H,17,18). The van der Waals surface area contributed by atoms with Crippen LogP contribution in [0.4, 0.5) is 0 Å². The number of H-pyrrole nitrogens is 1. The molecule has 0 atom stereocenters. The topological polar surface area (TPSA) is 65.9 Å². The number of rotatable bonds is 3. The third-order valence-electron chi connectivity index (χ3n) is 3.01. The summed E-state index contributed by atoms with van der Waals surface area (Å²) in [6.45, 7) is 2.07. The van der Waals surface area contributed by atoms with Crippen molar-refractivity contribution in [1.29, 1.82) is 5.26 Å². The Morgan fingerprint density at radius 1 is 1.37 bits per heavy atom. The van der Waals surface area contributed by atoms with Gasteiger partial charge in [0.2, 0.25) is 0 Å². The van der Waals surface area contributed by atoms with E-state index in [-0.39, 0.29) is 11.1 Å². The van der Waals surface area contributed by atoms with Crippen LogP contribution in [0.2, 0.25) is 0 Å². The number of nitrogens with one attached hydrogen (secondary N) is 1. The molecule has 0 spiro atoms. The Morgan fingerprint density at radius 2 is 2.16 bits per heavy atom. The minimum absolute atomic E-state index is 0.0986. The molecule has 1 heterocycles. The van der Waals surface area contributed by atoms with E-state index in [2.05, 4.69) is 11.9 Å². The van der Waals surface area contributed by atoms with Gasteiger partial charge >= 0.3 is 0 Å². The zero-order valence-corrected chi connectivity index (χ0v) is 10.9. The van der Waals surface area contributed by atoms with Gasteiger partial charge in [0.05, 0.1) is 7.11 Å². The Balaban J connectivity index is 2.63. The fourth-order valence-corrected chi connectivity index (χ4v) is 1.92. The fourth-order valence-electron chi connectivity index (χ4n) is 1.92. The van der Waals surface area contributed by atoms with Gasteiger partial charge in [0.25, 0.3) is 5.56 Å². The monoisotopic (exact) mass is 254 g/mol. The normalized spacial score (nSPS) is 9.95. The lowest BCUT2D eigenvalue weighted by atomic mass is 10.0. The Morgan fingerprint density at radius 3 is 2.79 bits per heavy atom. The Kier molecular flexibility index (Phi) is 3.67. The minimum atomic E-state index is -0.378. The molecule has 0 saturated carbocycles. The average Bonchev–Trinajstić information content (AvgIpc) is 2.47. The number of ether oxygens (including phenoxy) is 1. The summed E-state index contributed by atoms with van der Waals surface area (Å²) < 4.78 is 5.33. The van der Waals surface area contributed by atoms with Crippen molar-refractivity contribution < 1.29 is 4.74 Å². The van der Waals surface area contributed by atoms with E-state index in [4.69, 9.17) is 10.00 Å². The van der Waals surface area contributed by atoms with E-state index >= 15 is 0 Å². The van der Waals surface area contributed by atoms with Gasteiger partial charge in [-0.15, -0.1) is 0 Å². The van der Waals surface area contributed by atoms with E-state index in [0.29, 0.717) is 5.75 Å². The summed E-state index contributed by atoms with van der Waals surface area (Å²) >= 11 is 0. The molecule has 19 heavy (non-hydrogen) atoms. The molecular weight excluding hydrogens is 240 g/mol. The molecule has 4 heteroatoms. The lowest BCUT2D eigenvalue weighted by Gasteiger charge is -2.10. The second-order valence-electron chi connectivity index (χ2n) is 4.13. The number of nitrogens with zero attached hydrogens (tertiary/aromatic N) is 1. The van der Waals surface area contributed by atoms with Gasteiger partial charge in [-0.1, -0.05) is 13.0 Å². The van der Waals surface area contributed by atoms with Crippen LogP contribution in [0.25, 0.3) is 11.1 Å². The Hall–Kier alpha value is -2.54. The number of aromatic amines is 1. The Bertz CT molecular complexity index is 696. The molecule has 0 saturated heterocycles. The molecule has 0 amide bonds. The van der Waals surface area contributed by atoms with Crippen molar-refractivity contribution in [2.45, 2.75) is 13.3 Å². The molecular formula is C15H14N2O2. The van der Waals surface area contributed by atoms with Crippen molar-refractivity contribution in [2.24, 2.45) is 0 Å². The fraction of sp³-hybridized carbons (Fsp3) is 0.200. The molecule has 2 aromatic rings. The number of benzene rings is 1. The maximum absolute atomic E-state index is 11.4. The lowest BCUT2D eigenvalue weighted by Crippen LogP contribution is -2.09. The van der Waals surface area contributed by atoms with E-state index in [1.165, 1.54) is 5.56 Å². The highest BCUT2D eigenvalue weighted by atomic mass is 16.5. The molecule has 1 aromatic heterocycles. The lowest BCUT2D eigenvalue weighted by molar-refractivity contribution is 0.416. The summed E-state index contributed by atoms with van der Waals surface area (Å²) in [6, 6.07) is 9.37. The van der Waals surface area contributed by atoms with Gasteiger partial charge in [-0.3, -0.25) is 4.79 Å². The predicted molar refractivity (Wildman–Crippen MR) is 73.1 cm³/mol. The molecule has 0 unspecified atom stereocenters. The summed E-state index contributed by atoms with van der Waals surface area (Å²) in [4.78, 5) is 14.0. The highest BCUT2D eigenvalue weighted by Gasteiger charge is 2.09. The quantitative estimate of drug-likeness (QED) is 0.915. The summed E-state index contributed by atoms with van der Waals surface area (Å²) in [5.74, 6) is 0.716. The van der Waals surface area contributed by atoms with E-state index in [1.807, 2.05) is 24.3 Å². The summed E-state index contributed by atoms with van der Waals surface area (Å²) in [5.41, 5.74) is 2.52. The van der Waals surface area contributed by atoms with Gasteiger partial charge in [0.1, 0.15) is 17.4 Å². The third kappa shape index (κ3) is 2.50. The number of hydrogen-bond donors (Lipinski definition) is 1. The first kappa shape index (κ1) is 12.9. The van der Waals surface area contributed by atoms with Crippen LogP contribution in [0.15, 0.2) is 35.3 Å². The Labute approximate surface area is 111 Å². The highest BCUT2D eigenvalue weighted by molar-refractivity contribution is 5.71. The molecule has 0 aliphatic rings. The zero-order valence-electron chi connectivity index (χ0n) is 10.9. The van der Waals surface area contributed by atoms with Gasteiger partial charge in [-0.2, -0.15) is 5.26 Å². The first-order valence-electron chi connectivity index (χ1n) is 5.99. The first-order chi connectivity index (χ1) is 9.19. The van der Waals surface area contributed by atoms with Gasteiger partial charge < -0.3 is 9.72 Å². The molecule has 1 aromatic carbocycles. The minimum Gasteiger partial charge on any atom is -0.496 e. The van der Waals surface area contributed by atoms with Crippen LogP contribution < -0.4 is 10.3 Å². The largest absolute Gasteiger partial charge is 0.496 e. The van der Waals surface area contributed by atoms with Crippen LogP contribution >= 0.6 is 0 Å². The van der Waals surface area contributed by atoms with E-state index in [1.54, 1.807) is 19.4 Å². The number of aromatic nitrogens is 1. The van der Waals surface area contributed by atoms with Gasteiger partial charge in [-0.05, 0) is 30.2 Å². The number of hydrogen-bond acceptors (Lipinski definition) is 3. The van der Waals surface area contributed by atoms with Crippen LogP contribution in [0.1, 0.15) is 18.1 Å². The smallest absolute Gasteiger partial charge is 0.265 e. The molecule has 0 aliphatic heterocycles. The van der Waals surface area contributed by atoms with E-state index < -0.39 is 0 Å². The second-order valence-corrected chi connectivity index (χ2v) is 4.13. The summed E-state index contributed by atoms with van der Waals surface area (Å²) in [7, 11) is 1.60. The second kappa shape index (κ2) is 5.40. The molecule has 96 valence electrons. The van der Waals surface area contributed by atoms with Crippen LogP contribution in [0.3, 0.4) is 0 Å². The van der Waals surface area contributed by atoms with Crippen molar-refractivity contribution in [3.63, 3.8) is 0 Å². The van der Waals surface area contributed by atoms with Crippen LogP contribution in [-0.2, 0) is 6.42 Å². The predicted octanol–water partition coefficient (Wildman–Crippen LogP) is 2.48. The van der Waals surface area contributed by atoms with Crippen LogP contribution in [0.5, 0.6) is 5.75 Å². The number of nitriles is 1. The number of methoxy groups -OCH3 is 1. The first-order valence-corrected chi connectivity index (χ1v) is 5.99. The van der Waals surface area contributed by atoms with Crippen molar-refractivity contribution in [3.05, 3.63) is 51.9 Å². The third-order valence-corrected chi connectivity index (χ3v) is 3.01. The molecule has 4 nitrogen and oxygen atoms in total. The molecule has 0 aliphatic carbocycles. The number of aryl methyl sites for hydroxylation is 1. The van der Waals surface area contributed by atoms with Crippen molar-refractivity contribution in [1.82, 2.24) is 4.98 Å². The van der Waals surface area contributed by atoms with E-state index in [0.717, 1.165) is 17.5 Å². The summed E-state index contributed by atoms with van der Waals surface area (Å²) in [6.07, 6.45) is 2.51. The maximum atomic E-state index is 11.4. The molecule has 0 radical (unpaired) electrons. The van der Waals surface area contributed by atoms with Crippen molar-refractivity contribution in [2.75, 3.05) is 7.11 Å². The SMILES string of the molecule is CCc1ccc(OC)c(-c2c[nH]c(=O)c(C#N)c2)c1. The molecule has 0 fully saturated rings. The number of pyridine rings is 1. The molecule has 2 rings (SSSR count). The van der Waals surface area contributed by atoms with Gasteiger partial charge in [0, 0.05) is 17.3 Å². The average molecular weight is 254 g/mol. The van der Waals surface area contributed by atoms with Crippen molar-refractivity contribution >= 4 is 0 Å². The maximum Gasteiger partial charge on any atom is 0.265 e. The van der Waals surface area contributed by atoms with E-state index in [9.17, 15) is 4.79 Å². The molecule has 0 bridgehead atoms. The highest BCUT2D eigenvalue weighted by Crippen LogP contribution is 2.30. The van der Waals surface area contributed by atoms with Crippen LogP contribution in [-0.4, -0.2) is 12.1 Å². The summed E-state index contributed by atoms with van der Waals surface area (Å²) in [5, 5.41) is 8.92. The van der Waals surface area contributed by atoms with Gasteiger partial charge in [-0.25, -0.2) is 0 Å².